The minimum absolute atomic E-state index is 0.460. The molecule has 1 saturated heterocycles. The number of carbonyl (C=O) groups excluding carboxylic acids is 1. The van der Waals surface area contributed by atoms with Gasteiger partial charge < -0.3 is 4.90 Å². The Morgan fingerprint density at radius 1 is 1.47 bits per heavy atom. The van der Waals surface area contributed by atoms with Crippen LogP contribution in [0.15, 0.2) is 22.7 Å². The third-order valence-corrected chi connectivity index (χ3v) is 5.14. The van der Waals surface area contributed by atoms with Gasteiger partial charge >= 0.3 is 0 Å². The van der Waals surface area contributed by atoms with Crippen LogP contribution >= 0.6 is 27.7 Å². The summed E-state index contributed by atoms with van der Waals surface area (Å²) in [6.45, 7) is 5.49. The highest BCUT2D eigenvalue weighted by atomic mass is 79.9. The Balaban J connectivity index is 2.37. The van der Waals surface area contributed by atoms with Crippen molar-refractivity contribution in [3.8, 4) is 0 Å². The highest BCUT2D eigenvalue weighted by Gasteiger charge is 2.26. The predicted molar refractivity (Wildman–Crippen MR) is 78.3 cm³/mol. The number of halogens is 1. The fourth-order valence-electron chi connectivity index (χ4n) is 2.14. The highest BCUT2D eigenvalue weighted by Crippen LogP contribution is 2.32. The molecule has 17 heavy (non-hydrogen) atoms. The summed E-state index contributed by atoms with van der Waals surface area (Å²) in [6, 6.07) is 6.30. The molecule has 2 atom stereocenters. The molecule has 0 saturated carbocycles. The maximum atomic E-state index is 11.1. The van der Waals surface area contributed by atoms with Crippen LogP contribution in [0.3, 0.4) is 0 Å². The van der Waals surface area contributed by atoms with E-state index in [-0.39, 0.29) is 0 Å². The average molecular weight is 314 g/mol. The molecule has 0 radical (unpaired) electrons. The van der Waals surface area contributed by atoms with Gasteiger partial charge in [0.1, 0.15) is 0 Å². The van der Waals surface area contributed by atoms with Crippen molar-refractivity contribution < 1.29 is 4.79 Å². The van der Waals surface area contributed by atoms with Crippen molar-refractivity contribution in [2.45, 2.75) is 25.1 Å². The second-order valence-electron chi connectivity index (χ2n) is 4.33. The summed E-state index contributed by atoms with van der Waals surface area (Å²) in [6.07, 6.45) is 0.945. The molecular weight excluding hydrogens is 298 g/mol. The van der Waals surface area contributed by atoms with E-state index in [1.807, 2.05) is 30.0 Å². The molecule has 0 bridgehead atoms. The standard InChI is InChI=1S/C13H16BrNOS/c1-9-10(2)17-6-5-15(9)13-7-12(14)4-3-11(13)8-16/h3-4,7-10H,5-6H2,1-2H3. The number of aldehydes is 1. The molecular formula is C13H16BrNOS. The summed E-state index contributed by atoms with van der Waals surface area (Å²) in [4.78, 5) is 13.5. The summed E-state index contributed by atoms with van der Waals surface area (Å²) in [5, 5.41) is 0.599. The Bertz CT molecular complexity index is 424. The monoisotopic (exact) mass is 313 g/mol. The minimum Gasteiger partial charge on any atom is -0.366 e. The van der Waals surface area contributed by atoms with Crippen molar-refractivity contribution in [1.82, 2.24) is 0 Å². The molecule has 2 unspecified atom stereocenters. The Kier molecular flexibility index (Phi) is 4.15. The molecule has 0 spiro atoms. The number of anilines is 1. The van der Waals surface area contributed by atoms with Crippen molar-refractivity contribution in [2.75, 3.05) is 17.2 Å². The van der Waals surface area contributed by atoms with E-state index in [2.05, 4.69) is 34.7 Å². The van der Waals surface area contributed by atoms with Gasteiger partial charge in [-0.15, -0.1) is 0 Å². The quantitative estimate of drug-likeness (QED) is 0.778. The molecule has 0 N–H and O–H groups in total. The summed E-state index contributed by atoms with van der Waals surface area (Å²) < 4.78 is 1.02. The van der Waals surface area contributed by atoms with Gasteiger partial charge in [0, 0.05) is 39.3 Å². The lowest BCUT2D eigenvalue weighted by Gasteiger charge is -2.39. The molecule has 0 aromatic heterocycles. The molecule has 1 fully saturated rings. The van der Waals surface area contributed by atoms with E-state index in [9.17, 15) is 4.79 Å². The van der Waals surface area contributed by atoms with Crippen molar-refractivity contribution in [2.24, 2.45) is 0 Å². The van der Waals surface area contributed by atoms with Gasteiger partial charge in [-0.25, -0.2) is 0 Å². The number of thioether (sulfide) groups is 1. The lowest BCUT2D eigenvalue weighted by molar-refractivity contribution is 0.112. The molecule has 92 valence electrons. The number of rotatable bonds is 2. The largest absolute Gasteiger partial charge is 0.366 e. The van der Waals surface area contributed by atoms with Gasteiger partial charge in [0.05, 0.1) is 0 Å². The zero-order chi connectivity index (χ0) is 12.4. The molecule has 1 aromatic carbocycles. The first-order valence-corrected chi connectivity index (χ1v) is 7.60. The molecule has 1 heterocycles. The molecule has 2 nitrogen and oxygen atoms in total. The Morgan fingerprint density at radius 2 is 2.24 bits per heavy atom. The summed E-state index contributed by atoms with van der Waals surface area (Å²) in [7, 11) is 0. The van der Waals surface area contributed by atoms with Crippen LogP contribution in [0.25, 0.3) is 0 Å². The van der Waals surface area contributed by atoms with Crippen LogP contribution in [-0.4, -0.2) is 29.9 Å². The van der Waals surface area contributed by atoms with Crippen LogP contribution in [0.2, 0.25) is 0 Å². The van der Waals surface area contributed by atoms with E-state index in [1.54, 1.807) is 0 Å². The number of carbonyl (C=O) groups is 1. The third-order valence-electron chi connectivity index (χ3n) is 3.31. The van der Waals surface area contributed by atoms with Gasteiger partial charge in [0.2, 0.25) is 0 Å². The van der Waals surface area contributed by atoms with Gasteiger partial charge in [-0.05, 0) is 25.1 Å². The summed E-state index contributed by atoms with van der Waals surface area (Å²) in [5.41, 5.74) is 1.83. The van der Waals surface area contributed by atoms with Crippen LogP contribution in [0.1, 0.15) is 24.2 Å². The normalized spacial score (nSPS) is 24.8. The van der Waals surface area contributed by atoms with Crippen LogP contribution in [0.5, 0.6) is 0 Å². The van der Waals surface area contributed by atoms with Gasteiger partial charge in [0.15, 0.2) is 6.29 Å². The van der Waals surface area contributed by atoms with Crippen molar-refractivity contribution in [1.29, 1.82) is 0 Å². The first kappa shape index (κ1) is 13.0. The zero-order valence-corrected chi connectivity index (χ0v) is 12.4. The molecule has 1 aromatic rings. The van der Waals surface area contributed by atoms with Gasteiger partial charge in [0.25, 0.3) is 0 Å². The average Bonchev–Trinajstić information content (AvgIpc) is 2.33. The molecule has 0 amide bonds. The first-order chi connectivity index (χ1) is 8.13. The SMILES string of the molecule is CC1SCCN(c2cc(Br)ccc2C=O)C1C. The second-order valence-corrected chi connectivity index (χ2v) is 6.73. The number of nitrogens with zero attached hydrogens (tertiary/aromatic N) is 1. The fraction of sp³-hybridized carbons (Fsp3) is 0.462. The van der Waals surface area contributed by atoms with Gasteiger partial charge in [-0.1, -0.05) is 22.9 Å². The van der Waals surface area contributed by atoms with Crippen molar-refractivity contribution >= 4 is 39.7 Å². The van der Waals surface area contributed by atoms with Crippen molar-refractivity contribution in [3.05, 3.63) is 28.2 Å². The molecule has 1 aliphatic rings. The third kappa shape index (κ3) is 2.68. The Hall–Kier alpha value is -0.480. The maximum Gasteiger partial charge on any atom is 0.152 e. The van der Waals surface area contributed by atoms with Crippen LogP contribution in [-0.2, 0) is 0 Å². The van der Waals surface area contributed by atoms with E-state index in [1.165, 1.54) is 0 Å². The number of hydrogen-bond donors (Lipinski definition) is 0. The smallest absolute Gasteiger partial charge is 0.152 e. The Morgan fingerprint density at radius 3 is 2.94 bits per heavy atom. The summed E-state index contributed by atoms with van der Waals surface area (Å²) >= 11 is 5.48. The van der Waals surface area contributed by atoms with E-state index >= 15 is 0 Å². The minimum atomic E-state index is 0.460. The highest BCUT2D eigenvalue weighted by molar-refractivity contribution is 9.10. The lowest BCUT2D eigenvalue weighted by Crippen LogP contribution is -2.45. The fourth-order valence-corrected chi connectivity index (χ4v) is 3.59. The van der Waals surface area contributed by atoms with Crippen LogP contribution in [0, 0.1) is 0 Å². The zero-order valence-electron chi connectivity index (χ0n) is 10.0. The molecule has 4 heteroatoms. The van der Waals surface area contributed by atoms with Gasteiger partial charge in [-0.2, -0.15) is 11.8 Å². The molecule has 0 aliphatic carbocycles. The van der Waals surface area contributed by atoms with E-state index in [4.69, 9.17) is 0 Å². The predicted octanol–water partition coefficient (Wildman–Crippen LogP) is 3.59. The van der Waals surface area contributed by atoms with E-state index in [0.29, 0.717) is 11.3 Å². The summed E-state index contributed by atoms with van der Waals surface area (Å²) in [5.74, 6) is 1.12. The van der Waals surface area contributed by atoms with Gasteiger partial charge in [-0.3, -0.25) is 4.79 Å². The molecule has 1 aliphatic heterocycles. The number of hydrogen-bond acceptors (Lipinski definition) is 3. The molecule has 2 rings (SSSR count). The topological polar surface area (TPSA) is 20.3 Å². The van der Waals surface area contributed by atoms with E-state index in [0.717, 1.165) is 34.3 Å². The Labute approximate surface area is 115 Å². The number of benzene rings is 1. The first-order valence-electron chi connectivity index (χ1n) is 5.76. The lowest BCUT2D eigenvalue weighted by atomic mass is 10.1. The second kappa shape index (κ2) is 5.44. The maximum absolute atomic E-state index is 11.1. The van der Waals surface area contributed by atoms with Crippen LogP contribution < -0.4 is 4.90 Å². The van der Waals surface area contributed by atoms with E-state index < -0.39 is 0 Å². The van der Waals surface area contributed by atoms with Crippen molar-refractivity contribution in [3.63, 3.8) is 0 Å². The van der Waals surface area contributed by atoms with Crippen LogP contribution in [0.4, 0.5) is 5.69 Å².